The Bertz CT molecular complexity index is 1660. The van der Waals surface area contributed by atoms with Gasteiger partial charge in [-0.25, -0.2) is 4.39 Å². The standard InChI is InChI=1S/C21H17FO.C14H16N.C2H6Si.2ClH.Ti/c1-21(2)18-6-4-3-5-15(18)16-9-7-13(11-19(16)21)17-12-14(22)8-10-20(17)23;1-11-10-12-6-2-3-7-13(12)14(11)15-8-4-5-9-15;1-3-2;;;/h3-12,23H,1-2H3;2-3,6-7,14H,4-5,8-9H2,1H3;1-2H3;2*1H;/q;-1;;;;+1. The molecule has 2 aliphatic carbocycles. The molecule has 1 heterocycles. The number of fused-ring (bicyclic) bond motifs is 4. The molecule has 4 aromatic carbocycles. The fraction of sp³-hybridized carbons (Fsp3) is 0.297. The maximum Gasteiger partial charge on any atom is -0.147 e. The first-order chi connectivity index (χ1) is 20.1. The van der Waals surface area contributed by atoms with E-state index in [1.54, 1.807) is 0 Å². The molecule has 7 heteroatoms. The van der Waals surface area contributed by atoms with Crippen LogP contribution in [0.25, 0.3) is 22.3 Å². The fourth-order valence-corrected chi connectivity index (χ4v) is 6.44. The minimum absolute atomic E-state index is 0. The molecule has 1 atom stereocenters. The molecule has 0 bridgehead atoms. The number of likely N-dealkylation sites (tertiary alicyclic amines) is 1. The zero-order valence-electron chi connectivity index (χ0n) is 26.1. The van der Waals surface area contributed by atoms with E-state index in [0.717, 1.165) is 5.56 Å². The van der Waals surface area contributed by atoms with Crippen LogP contribution in [0.2, 0.25) is 13.1 Å². The number of halogens is 3. The first-order valence-electron chi connectivity index (χ1n) is 14.8. The van der Waals surface area contributed by atoms with Gasteiger partial charge in [0.05, 0.1) is 0 Å². The molecular formula is C37H41Cl2FNOSiTi. The van der Waals surface area contributed by atoms with Crippen LogP contribution in [-0.2, 0) is 24.6 Å². The molecule has 1 unspecified atom stereocenters. The van der Waals surface area contributed by atoms with E-state index in [1.165, 1.54) is 83.1 Å². The topological polar surface area (TPSA) is 23.5 Å². The summed E-state index contributed by atoms with van der Waals surface area (Å²) in [7, 11) is 0. The van der Waals surface area contributed by atoms with E-state index in [1.807, 2.05) is 6.07 Å². The molecule has 7 rings (SSSR count). The van der Waals surface area contributed by atoms with Crippen LogP contribution in [0.5, 0.6) is 5.75 Å². The van der Waals surface area contributed by atoms with Crippen LogP contribution in [0.15, 0.2) is 90.5 Å². The molecule has 0 radical (unpaired) electrons. The summed E-state index contributed by atoms with van der Waals surface area (Å²) in [5, 5.41) is 10.1. The maximum absolute atomic E-state index is 13.6. The van der Waals surface area contributed by atoms with Crippen molar-refractivity contribution in [3.8, 4) is 28.0 Å². The average Bonchev–Trinajstić information content (AvgIpc) is 3.66. The van der Waals surface area contributed by atoms with Gasteiger partial charge in [0.15, 0.2) is 0 Å². The molecule has 0 spiro atoms. The maximum atomic E-state index is 13.6. The molecular weight excluding hydrogens is 640 g/mol. The van der Waals surface area contributed by atoms with Gasteiger partial charge in [-0.05, 0) is 78.0 Å². The molecule has 2 nitrogen and oxygen atoms in total. The van der Waals surface area contributed by atoms with Crippen molar-refractivity contribution in [2.24, 2.45) is 0 Å². The van der Waals surface area contributed by atoms with Crippen LogP contribution in [0, 0.1) is 11.9 Å². The summed E-state index contributed by atoms with van der Waals surface area (Å²) in [5.41, 5.74) is 10.4. The summed E-state index contributed by atoms with van der Waals surface area (Å²) >= 11 is 2.27. The van der Waals surface area contributed by atoms with Crippen molar-refractivity contribution < 1.29 is 28.7 Å². The van der Waals surface area contributed by atoms with E-state index in [2.05, 4.69) is 125 Å². The molecule has 0 aromatic heterocycles. The normalized spacial score (nSPS) is 16.8. The molecule has 4 aromatic rings. The van der Waals surface area contributed by atoms with Crippen molar-refractivity contribution in [1.29, 1.82) is 0 Å². The first-order valence-corrected chi connectivity index (χ1v) is 19.6. The van der Waals surface area contributed by atoms with E-state index in [9.17, 15) is 9.50 Å². The third kappa shape index (κ3) is 7.61. The quantitative estimate of drug-likeness (QED) is 0.168. The number of hydrogen-bond donors (Lipinski definition) is 1. The molecule has 44 heavy (non-hydrogen) atoms. The SMILES string of the molecule is CC1(C)c2ccccc2-c2ccc(-c3cc(F)ccc3O)cc21.CC1=[C-]c2ccccc2C1N1CCCC1.C[Si](C)=[Ti+].Cl.Cl. The Balaban J connectivity index is 0.000000218. The van der Waals surface area contributed by atoms with Gasteiger partial charge in [-0.1, -0.05) is 63.2 Å². The van der Waals surface area contributed by atoms with Gasteiger partial charge < -0.3 is 10.0 Å². The second kappa shape index (κ2) is 15.4. The van der Waals surface area contributed by atoms with Crippen molar-refractivity contribution in [1.82, 2.24) is 4.90 Å². The molecule has 0 saturated carbocycles. The average molecular weight is 682 g/mol. The van der Waals surface area contributed by atoms with Crippen molar-refractivity contribution >= 4 is 31.0 Å². The number of rotatable bonds is 2. The van der Waals surface area contributed by atoms with Crippen LogP contribution in [0.3, 0.4) is 0 Å². The Morgan fingerprint density at radius 2 is 1.45 bits per heavy atom. The predicted molar refractivity (Wildman–Crippen MR) is 185 cm³/mol. The Kier molecular flexibility index (Phi) is 12.7. The minimum Gasteiger partial charge on any atom is -0.147 e. The van der Waals surface area contributed by atoms with Gasteiger partial charge >= 0.3 is 38.5 Å². The van der Waals surface area contributed by atoms with E-state index >= 15 is 0 Å². The van der Waals surface area contributed by atoms with Crippen LogP contribution in [0.1, 0.15) is 61.9 Å². The number of nitrogens with zero attached hydrogens (tertiary/aromatic N) is 1. The smallest absolute Gasteiger partial charge is 0.147 e. The van der Waals surface area contributed by atoms with Crippen molar-refractivity contribution in [2.45, 2.75) is 58.2 Å². The van der Waals surface area contributed by atoms with Crippen LogP contribution < -0.4 is 0 Å². The summed E-state index contributed by atoms with van der Waals surface area (Å²) in [6.45, 7) is 13.6. The molecule has 1 saturated heterocycles. The fourth-order valence-electron chi connectivity index (χ4n) is 6.44. The largest absolute Gasteiger partial charge is 0.147 e. The number of benzene rings is 4. The van der Waals surface area contributed by atoms with Gasteiger partial charge in [0.1, 0.15) is 11.6 Å². The number of hydrogen-bond acceptors (Lipinski definition) is 2. The van der Waals surface area contributed by atoms with E-state index in [-0.39, 0.29) is 48.0 Å². The van der Waals surface area contributed by atoms with Crippen molar-refractivity contribution in [3.63, 3.8) is 0 Å². The van der Waals surface area contributed by atoms with Gasteiger partial charge in [-0.3, -0.25) is 0 Å². The van der Waals surface area contributed by atoms with Crippen LogP contribution in [0.4, 0.5) is 4.39 Å². The Labute approximate surface area is 286 Å². The monoisotopic (exact) mass is 680 g/mol. The predicted octanol–water partition coefficient (Wildman–Crippen LogP) is 10.1. The number of phenols is 1. The molecule has 1 fully saturated rings. The van der Waals surface area contributed by atoms with Gasteiger partial charge in [0.25, 0.3) is 0 Å². The first kappa shape index (κ1) is 36.3. The Morgan fingerprint density at radius 3 is 2.16 bits per heavy atom. The minimum atomic E-state index is -0.346. The molecule has 229 valence electrons. The molecule has 1 aliphatic heterocycles. The summed E-state index contributed by atoms with van der Waals surface area (Å²) in [6.07, 6.45) is 6.33. The second-order valence-corrected chi connectivity index (χ2v) is 18.8. The van der Waals surface area contributed by atoms with Crippen molar-refractivity contribution in [3.05, 3.63) is 125 Å². The van der Waals surface area contributed by atoms with Crippen LogP contribution in [-0.4, -0.2) is 29.3 Å². The third-order valence-corrected chi connectivity index (χ3v) is 8.36. The summed E-state index contributed by atoms with van der Waals surface area (Å²) in [5.74, 6) is -0.250. The van der Waals surface area contributed by atoms with Gasteiger partial charge in [0, 0.05) is 17.0 Å². The van der Waals surface area contributed by atoms with Gasteiger partial charge in [-0.2, -0.15) is 17.7 Å². The van der Waals surface area contributed by atoms with E-state index in [4.69, 9.17) is 0 Å². The third-order valence-electron chi connectivity index (χ3n) is 8.36. The zero-order valence-corrected chi connectivity index (χ0v) is 30.3. The summed E-state index contributed by atoms with van der Waals surface area (Å²) < 4.78 is 13.6. The zero-order chi connectivity index (χ0) is 30.0. The molecule has 1 N–H and O–H groups in total. The van der Waals surface area contributed by atoms with Crippen molar-refractivity contribution in [2.75, 3.05) is 13.1 Å². The molecule has 0 amide bonds. The Hall–Kier alpha value is -2.18. The van der Waals surface area contributed by atoms with Gasteiger partial charge in [0.2, 0.25) is 0 Å². The molecule has 3 aliphatic rings. The number of phenolic OH excluding ortho intramolecular Hbond substituents is 1. The summed E-state index contributed by atoms with van der Waals surface area (Å²) in [6, 6.07) is 27.8. The van der Waals surface area contributed by atoms with E-state index in [0.29, 0.717) is 11.6 Å². The second-order valence-electron chi connectivity index (χ2n) is 12.1. The number of aromatic hydroxyl groups is 1. The van der Waals surface area contributed by atoms with E-state index < -0.39 is 0 Å². The van der Waals surface area contributed by atoms with Gasteiger partial charge in [-0.15, -0.1) is 48.1 Å². The summed E-state index contributed by atoms with van der Waals surface area (Å²) in [4.78, 5) is 2.59. The Morgan fingerprint density at radius 1 is 0.841 bits per heavy atom. The van der Waals surface area contributed by atoms with Crippen LogP contribution >= 0.6 is 24.8 Å².